The van der Waals surface area contributed by atoms with Gasteiger partial charge in [0.25, 0.3) is 0 Å². The van der Waals surface area contributed by atoms with E-state index in [-0.39, 0.29) is 11.9 Å². The Balaban J connectivity index is 1.91. The number of thioether (sulfide) groups is 1. The van der Waals surface area contributed by atoms with Gasteiger partial charge in [-0.05, 0) is 13.0 Å². The van der Waals surface area contributed by atoms with Gasteiger partial charge in [0, 0.05) is 32.0 Å². The summed E-state index contributed by atoms with van der Waals surface area (Å²) in [5.74, 6) is 2.00. The predicted octanol–water partition coefficient (Wildman–Crippen LogP) is 3.65. The first-order valence-electron chi connectivity index (χ1n) is 7.30. The summed E-state index contributed by atoms with van der Waals surface area (Å²) >= 11 is 7.54. The lowest BCUT2D eigenvalue weighted by molar-refractivity contribution is -0.122. The number of halogens is 1. The summed E-state index contributed by atoms with van der Waals surface area (Å²) in [6.07, 6.45) is 0.354. The summed E-state index contributed by atoms with van der Waals surface area (Å²) < 4.78 is 16.1. The number of para-hydroxylation sites is 1. The van der Waals surface area contributed by atoms with Crippen molar-refractivity contribution in [3.63, 3.8) is 0 Å². The van der Waals surface area contributed by atoms with Gasteiger partial charge in [-0.25, -0.2) is 0 Å². The summed E-state index contributed by atoms with van der Waals surface area (Å²) in [4.78, 5) is 5.40. The summed E-state index contributed by atoms with van der Waals surface area (Å²) in [7, 11) is 3.18. The molecule has 2 rings (SSSR count). The zero-order valence-corrected chi connectivity index (χ0v) is 15.2. The Morgan fingerprint density at radius 3 is 2.74 bits per heavy atom. The van der Waals surface area contributed by atoms with Crippen LogP contribution in [0.25, 0.3) is 0 Å². The molecule has 0 saturated carbocycles. The molecule has 0 aliphatic carbocycles. The Hall–Kier alpha value is -0.950. The monoisotopic (exact) mass is 359 g/mol. The van der Waals surface area contributed by atoms with Gasteiger partial charge in [-0.3, -0.25) is 0 Å². The quantitative estimate of drug-likeness (QED) is 0.523. The van der Waals surface area contributed by atoms with E-state index >= 15 is 0 Å². The molecular formula is C16H22ClNO4S. The SMILES string of the molecule is COC(COc1ccccc1CSC1=NOC(C)(CCl)C1)OC. The van der Waals surface area contributed by atoms with Crippen molar-refractivity contribution in [3.05, 3.63) is 29.8 Å². The van der Waals surface area contributed by atoms with Crippen molar-refractivity contribution < 1.29 is 19.0 Å². The molecule has 1 unspecified atom stereocenters. The molecule has 1 aromatic carbocycles. The molecule has 128 valence electrons. The number of benzene rings is 1. The van der Waals surface area contributed by atoms with Crippen LogP contribution >= 0.6 is 23.4 Å². The first-order valence-corrected chi connectivity index (χ1v) is 8.82. The van der Waals surface area contributed by atoms with Crippen molar-refractivity contribution in [2.45, 2.75) is 31.0 Å². The molecule has 5 nitrogen and oxygen atoms in total. The molecule has 1 aliphatic rings. The molecule has 0 spiro atoms. The number of hydrogen-bond acceptors (Lipinski definition) is 6. The molecule has 7 heteroatoms. The van der Waals surface area contributed by atoms with Gasteiger partial charge in [-0.2, -0.15) is 0 Å². The first kappa shape index (κ1) is 18.4. The van der Waals surface area contributed by atoms with E-state index in [1.54, 1.807) is 26.0 Å². The minimum Gasteiger partial charge on any atom is -0.488 e. The van der Waals surface area contributed by atoms with Crippen LogP contribution in [0.3, 0.4) is 0 Å². The first-order chi connectivity index (χ1) is 11.1. The molecule has 0 saturated heterocycles. The number of hydrogen-bond donors (Lipinski definition) is 0. The molecule has 1 aromatic rings. The van der Waals surface area contributed by atoms with E-state index in [1.807, 2.05) is 31.2 Å². The molecular weight excluding hydrogens is 338 g/mol. The Bertz CT molecular complexity index is 539. The van der Waals surface area contributed by atoms with Crippen LogP contribution in [-0.4, -0.2) is 43.6 Å². The van der Waals surface area contributed by atoms with E-state index in [0.29, 0.717) is 12.5 Å². The second-order valence-corrected chi connectivity index (χ2v) is 6.76. The van der Waals surface area contributed by atoms with E-state index in [0.717, 1.165) is 28.5 Å². The fourth-order valence-electron chi connectivity index (χ4n) is 2.01. The summed E-state index contributed by atoms with van der Waals surface area (Å²) in [5, 5.41) is 5.07. The van der Waals surface area contributed by atoms with Gasteiger partial charge >= 0.3 is 0 Å². The van der Waals surface area contributed by atoms with Crippen LogP contribution in [0.15, 0.2) is 29.4 Å². The molecule has 23 heavy (non-hydrogen) atoms. The number of rotatable bonds is 8. The van der Waals surface area contributed by atoms with Crippen molar-refractivity contribution >= 4 is 28.4 Å². The maximum absolute atomic E-state index is 5.90. The fraction of sp³-hybridized carbons (Fsp3) is 0.562. The topological polar surface area (TPSA) is 49.3 Å². The fourth-order valence-corrected chi connectivity index (χ4v) is 3.21. The second-order valence-electron chi connectivity index (χ2n) is 5.44. The minimum absolute atomic E-state index is 0.336. The lowest BCUT2D eigenvalue weighted by atomic mass is 10.1. The van der Waals surface area contributed by atoms with Crippen LogP contribution in [0, 0.1) is 0 Å². The van der Waals surface area contributed by atoms with Crippen LogP contribution in [0.2, 0.25) is 0 Å². The smallest absolute Gasteiger partial charge is 0.191 e. The molecule has 1 atom stereocenters. The van der Waals surface area contributed by atoms with E-state index in [9.17, 15) is 0 Å². The van der Waals surface area contributed by atoms with Crippen LogP contribution < -0.4 is 4.74 Å². The van der Waals surface area contributed by atoms with Crippen LogP contribution in [0.5, 0.6) is 5.75 Å². The molecule has 0 fully saturated rings. The second kappa shape index (κ2) is 8.78. The summed E-state index contributed by atoms with van der Waals surface area (Å²) in [6.45, 7) is 2.30. The van der Waals surface area contributed by atoms with E-state index < -0.39 is 0 Å². The third-order valence-corrected chi connectivity index (χ3v) is 5.02. The Morgan fingerprint density at radius 1 is 1.35 bits per heavy atom. The van der Waals surface area contributed by atoms with Crippen molar-refractivity contribution in [1.29, 1.82) is 0 Å². The number of nitrogens with zero attached hydrogens (tertiary/aromatic N) is 1. The third kappa shape index (κ3) is 5.28. The van der Waals surface area contributed by atoms with E-state index in [2.05, 4.69) is 5.16 Å². The number of ether oxygens (including phenoxy) is 3. The average molecular weight is 360 g/mol. The normalized spacial score (nSPS) is 20.5. The lowest BCUT2D eigenvalue weighted by Crippen LogP contribution is -2.26. The van der Waals surface area contributed by atoms with Crippen LogP contribution in [0.1, 0.15) is 18.9 Å². The van der Waals surface area contributed by atoms with Crippen molar-refractivity contribution in [2.24, 2.45) is 5.16 Å². The molecule has 0 radical (unpaired) electrons. The number of oxime groups is 1. The van der Waals surface area contributed by atoms with Gasteiger partial charge < -0.3 is 19.0 Å². The number of methoxy groups -OCH3 is 2. The largest absolute Gasteiger partial charge is 0.488 e. The summed E-state index contributed by atoms with van der Waals surface area (Å²) in [5.41, 5.74) is 0.704. The molecule has 1 heterocycles. The van der Waals surface area contributed by atoms with Gasteiger partial charge in [0.15, 0.2) is 11.9 Å². The predicted molar refractivity (Wildman–Crippen MR) is 93.3 cm³/mol. The average Bonchev–Trinajstić information content (AvgIpc) is 2.97. The van der Waals surface area contributed by atoms with Crippen molar-refractivity contribution in [1.82, 2.24) is 0 Å². The Morgan fingerprint density at radius 2 is 2.09 bits per heavy atom. The molecule has 0 bridgehead atoms. The van der Waals surface area contributed by atoms with Crippen LogP contribution in [0.4, 0.5) is 0 Å². The van der Waals surface area contributed by atoms with Crippen molar-refractivity contribution in [3.8, 4) is 5.75 Å². The zero-order chi connectivity index (χ0) is 16.7. The molecule has 1 aliphatic heterocycles. The maximum Gasteiger partial charge on any atom is 0.191 e. The highest BCUT2D eigenvalue weighted by molar-refractivity contribution is 8.13. The highest BCUT2D eigenvalue weighted by Gasteiger charge is 2.33. The Kier molecular flexibility index (Phi) is 7.02. The van der Waals surface area contributed by atoms with Gasteiger partial charge in [0.2, 0.25) is 0 Å². The van der Waals surface area contributed by atoms with Gasteiger partial charge in [0.05, 0.1) is 5.88 Å². The zero-order valence-electron chi connectivity index (χ0n) is 13.6. The van der Waals surface area contributed by atoms with Gasteiger partial charge in [0.1, 0.15) is 17.4 Å². The third-order valence-electron chi connectivity index (χ3n) is 3.44. The maximum atomic E-state index is 5.90. The minimum atomic E-state index is -0.385. The number of alkyl halides is 1. The van der Waals surface area contributed by atoms with E-state index in [4.69, 9.17) is 30.6 Å². The highest BCUT2D eigenvalue weighted by Crippen LogP contribution is 2.32. The van der Waals surface area contributed by atoms with Gasteiger partial charge in [-0.1, -0.05) is 23.4 Å². The summed E-state index contributed by atoms with van der Waals surface area (Å²) in [6, 6.07) is 7.91. The lowest BCUT2D eigenvalue weighted by Gasteiger charge is -2.17. The Labute approximate surface area is 146 Å². The molecule has 0 aromatic heterocycles. The van der Waals surface area contributed by atoms with Crippen LogP contribution in [-0.2, 0) is 20.1 Å². The van der Waals surface area contributed by atoms with Crippen molar-refractivity contribution in [2.75, 3.05) is 26.7 Å². The molecule has 0 N–H and O–H groups in total. The molecule has 0 amide bonds. The highest BCUT2D eigenvalue weighted by atomic mass is 35.5. The standard InChI is InChI=1S/C16H22ClNO4S/c1-16(11-17)8-14(18-22-16)23-10-12-6-4-5-7-13(12)21-9-15(19-2)20-3/h4-7,15H,8-11H2,1-3H3. The van der Waals surface area contributed by atoms with E-state index in [1.165, 1.54) is 0 Å². The van der Waals surface area contributed by atoms with Gasteiger partial charge in [-0.15, -0.1) is 23.4 Å².